The molecule has 12 heteroatoms. The van der Waals surface area contributed by atoms with E-state index in [4.69, 9.17) is 24.9 Å². The molecule has 11 nitrogen and oxygen atoms in total. The van der Waals surface area contributed by atoms with Gasteiger partial charge in [-0.1, -0.05) is 12.1 Å². The van der Waals surface area contributed by atoms with Crippen LogP contribution in [0, 0.1) is 0 Å². The van der Waals surface area contributed by atoms with E-state index in [0.717, 1.165) is 11.1 Å². The second-order valence-electron chi connectivity index (χ2n) is 7.44. The maximum Gasteiger partial charge on any atom is 0.414 e. The van der Waals surface area contributed by atoms with Crippen molar-refractivity contribution in [2.45, 2.75) is 11.8 Å². The van der Waals surface area contributed by atoms with Crippen LogP contribution >= 0.6 is 0 Å². The maximum absolute atomic E-state index is 13.3. The van der Waals surface area contributed by atoms with Crippen LogP contribution in [0.5, 0.6) is 0 Å². The molecule has 0 aliphatic carbocycles. The van der Waals surface area contributed by atoms with Crippen LogP contribution in [0.15, 0.2) is 35.2 Å². The lowest BCUT2D eigenvalue weighted by Crippen LogP contribution is -2.49. The third kappa shape index (κ3) is 4.69. The van der Waals surface area contributed by atoms with Crippen molar-refractivity contribution in [1.29, 1.82) is 0 Å². The number of aliphatic carboxylic acids is 2. The topological polar surface area (TPSA) is 156 Å². The number of rotatable bonds is 5. The third-order valence-electron chi connectivity index (χ3n) is 5.61. The molecule has 0 bridgehead atoms. The summed E-state index contributed by atoms with van der Waals surface area (Å²) in [5, 5.41) is 25.2. The Hall–Kier alpha value is -3.06. The van der Waals surface area contributed by atoms with Gasteiger partial charge < -0.3 is 20.2 Å². The average Bonchev–Trinajstić information content (AvgIpc) is 3.07. The van der Waals surface area contributed by atoms with Gasteiger partial charge in [-0.2, -0.15) is 4.31 Å². The smallest absolute Gasteiger partial charge is 0.414 e. The monoisotopic (exact) mass is 479 g/mol. The van der Waals surface area contributed by atoms with E-state index in [1.54, 1.807) is 35.2 Å². The minimum atomic E-state index is -3.66. The maximum atomic E-state index is 13.3. The lowest BCUT2D eigenvalue weighted by Gasteiger charge is -2.33. The highest BCUT2D eigenvalue weighted by Crippen LogP contribution is 2.40. The van der Waals surface area contributed by atoms with Gasteiger partial charge in [-0.15, -0.1) is 0 Å². The number of carbonyl (C=O) groups excluding carboxylic acids is 1. The molecule has 2 aliphatic heterocycles. The lowest BCUT2D eigenvalue weighted by molar-refractivity contribution is -0.159. The van der Waals surface area contributed by atoms with Gasteiger partial charge in [0.2, 0.25) is 10.0 Å². The van der Waals surface area contributed by atoms with Crippen LogP contribution < -0.4 is 4.90 Å². The van der Waals surface area contributed by atoms with Crippen LogP contribution in [0.2, 0.25) is 0 Å². The van der Waals surface area contributed by atoms with E-state index in [1.165, 1.54) is 4.31 Å². The van der Waals surface area contributed by atoms with Crippen LogP contribution in [-0.4, -0.2) is 96.7 Å². The first-order valence-electron chi connectivity index (χ1n) is 10.3. The number of nitrogens with zero attached hydrogens (tertiary/aromatic N) is 3. The molecule has 2 aromatic rings. The summed E-state index contributed by atoms with van der Waals surface area (Å²) in [5.41, 5.74) is 1.34. The molecule has 2 heterocycles. The number of carboxylic acids is 2. The number of aliphatic hydroxyl groups is 1. The number of aliphatic hydroxyl groups excluding tert-OH is 1. The molecule has 0 saturated carbocycles. The van der Waals surface area contributed by atoms with Crippen molar-refractivity contribution in [3.05, 3.63) is 35.9 Å². The number of amides is 1. The fourth-order valence-electron chi connectivity index (χ4n) is 4.03. The summed E-state index contributed by atoms with van der Waals surface area (Å²) in [6.45, 7) is 5.07. The quantitative estimate of drug-likeness (QED) is 0.513. The minimum Gasteiger partial charge on any atom is -0.473 e. The van der Waals surface area contributed by atoms with Gasteiger partial charge in [0.15, 0.2) is 0 Å². The Bertz CT molecular complexity index is 1180. The molecule has 3 N–H and O–H groups in total. The van der Waals surface area contributed by atoms with Gasteiger partial charge in [0.25, 0.3) is 5.91 Å². The molecule has 0 unspecified atom stereocenters. The molecule has 178 valence electrons. The number of carbonyl (C=O) groups is 3. The fourth-order valence-corrected chi connectivity index (χ4v) is 5.64. The van der Waals surface area contributed by atoms with Crippen molar-refractivity contribution < 1.29 is 38.1 Å². The summed E-state index contributed by atoms with van der Waals surface area (Å²) in [6.07, 6.45) is 0. The number of β-amino-alcohol motifs (C(OH)–C–C–N with tert-alkyl or cyclic N) is 1. The van der Waals surface area contributed by atoms with Gasteiger partial charge in [0.1, 0.15) is 0 Å². The molecule has 0 spiro atoms. The van der Waals surface area contributed by atoms with Crippen molar-refractivity contribution in [3.63, 3.8) is 0 Å². The van der Waals surface area contributed by atoms with Crippen molar-refractivity contribution in [2.75, 3.05) is 50.8 Å². The van der Waals surface area contributed by atoms with Gasteiger partial charge >= 0.3 is 11.9 Å². The predicted molar refractivity (Wildman–Crippen MR) is 119 cm³/mol. The zero-order valence-electron chi connectivity index (χ0n) is 18.0. The Morgan fingerprint density at radius 2 is 1.64 bits per heavy atom. The van der Waals surface area contributed by atoms with Crippen molar-refractivity contribution in [2.24, 2.45) is 0 Å². The van der Waals surface area contributed by atoms with Gasteiger partial charge in [-0.05, 0) is 25.1 Å². The Balaban J connectivity index is 0.000000454. The number of benzene rings is 2. The first-order valence-corrected chi connectivity index (χ1v) is 11.7. The summed E-state index contributed by atoms with van der Waals surface area (Å²) >= 11 is 0. The summed E-state index contributed by atoms with van der Waals surface area (Å²) in [5.74, 6) is -3.73. The molecule has 0 aromatic heterocycles. The zero-order chi connectivity index (χ0) is 24.3. The number of hydrogen-bond acceptors (Lipinski definition) is 7. The summed E-state index contributed by atoms with van der Waals surface area (Å²) in [4.78, 5) is 34.8. The molecule has 2 aromatic carbocycles. The lowest BCUT2D eigenvalue weighted by atomic mass is 10.1. The number of anilines is 1. The molecule has 1 fully saturated rings. The fraction of sp³-hybridized carbons (Fsp3) is 0.381. The Morgan fingerprint density at radius 1 is 1.00 bits per heavy atom. The Morgan fingerprint density at radius 3 is 2.18 bits per heavy atom. The molecule has 4 rings (SSSR count). The number of piperazine rings is 1. The van der Waals surface area contributed by atoms with E-state index < -0.39 is 22.0 Å². The molecule has 2 aliphatic rings. The van der Waals surface area contributed by atoms with Crippen molar-refractivity contribution in [1.82, 2.24) is 9.21 Å². The first-order chi connectivity index (χ1) is 15.6. The minimum absolute atomic E-state index is 0.0730. The molecule has 1 saturated heterocycles. The Kier molecular flexibility index (Phi) is 7.32. The number of sulfonamides is 1. The van der Waals surface area contributed by atoms with Crippen LogP contribution in [0.4, 0.5) is 5.69 Å². The molecule has 0 radical (unpaired) electrons. The largest absolute Gasteiger partial charge is 0.473 e. The van der Waals surface area contributed by atoms with Gasteiger partial charge in [0.05, 0.1) is 17.2 Å². The Labute approximate surface area is 190 Å². The second kappa shape index (κ2) is 9.83. The normalized spacial score (nSPS) is 16.5. The van der Waals surface area contributed by atoms with Crippen LogP contribution in [0.1, 0.15) is 17.3 Å². The number of hydrogen-bond donors (Lipinski definition) is 3. The van der Waals surface area contributed by atoms with E-state index in [1.807, 2.05) is 6.92 Å². The summed E-state index contributed by atoms with van der Waals surface area (Å²) < 4.78 is 28.1. The van der Waals surface area contributed by atoms with E-state index in [9.17, 15) is 13.2 Å². The van der Waals surface area contributed by atoms with Crippen molar-refractivity contribution in [3.8, 4) is 0 Å². The standard InChI is InChI=1S/C19H23N3O4S.C2H2O4/c1-2-22-16-6-7-17(14-4-3-5-15(18(14)16)19(22)24)27(25,26)21-10-8-20(9-11-21)12-13-23;3-1(4)2(5)6/h3-7,23H,2,8-13H2,1H3;(H,3,4)(H,5,6). The third-order valence-corrected chi connectivity index (χ3v) is 7.57. The van der Waals surface area contributed by atoms with Crippen LogP contribution in [0.3, 0.4) is 0 Å². The molecular weight excluding hydrogens is 454 g/mol. The van der Waals surface area contributed by atoms with Gasteiger partial charge in [-0.25, -0.2) is 18.0 Å². The van der Waals surface area contributed by atoms with E-state index in [0.29, 0.717) is 50.2 Å². The van der Waals surface area contributed by atoms with E-state index in [2.05, 4.69) is 4.90 Å². The highest BCUT2D eigenvalue weighted by molar-refractivity contribution is 7.89. The van der Waals surface area contributed by atoms with Crippen LogP contribution in [-0.2, 0) is 19.6 Å². The van der Waals surface area contributed by atoms with Crippen molar-refractivity contribution >= 4 is 44.3 Å². The SMILES string of the molecule is CCN1C(=O)c2cccc3c(S(=O)(=O)N4CCN(CCO)CC4)ccc1c23.O=C(O)C(=O)O. The van der Waals surface area contributed by atoms with Crippen LogP contribution in [0.25, 0.3) is 10.8 Å². The van der Waals surface area contributed by atoms with E-state index >= 15 is 0 Å². The zero-order valence-corrected chi connectivity index (χ0v) is 18.8. The first kappa shape index (κ1) is 24.6. The average molecular weight is 480 g/mol. The predicted octanol–water partition coefficient (Wildman–Crippen LogP) is 0.274. The van der Waals surface area contributed by atoms with Gasteiger partial charge in [0, 0.05) is 55.6 Å². The van der Waals surface area contributed by atoms with Gasteiger partial charge in [-0.3, -0.25) is 9.69 Å². The highest BCUT2D eigenvalue weighted by Gasteiger charge is 2.34. The summed E-state index contributed by atoms with van der Waals surface area (Å²) in [6, 6.07) is 8.65. The molecular formula is C21H25N3O8S. The molecule has 0 atom stereocenters. The highest BCUT2D eigenvalue weighted by atomic mass is 32.2. The van der Waals surface area contributed by atoms with E-state index in [-0.39, 0.29) is 17.4 Å². The molecule has 33 heavy (non-hydrogen) atoms. The second-order valence-corrected chi connectivity index (χ2v) is 9.35. The summed E-state index contributed by atoms with van der Waals surface area (Å²) in [7, 11) is -3.66. The number of carboxylic acid groups (broad SMARTS) is 2. The molecule has 1 amide bonds.